The van der Waals surface area contributed by atoms with Gasteiger partial charge in [0.2, 0.25) is 0 Å². The van der Waals surface area contributed by atoms with Gasteiger partial charge in [-0.25, -0.2) is 4.39 Å². The van der Waals surface area contributed by atoms with Crippen LogP contribution in [0.25, 0.3) is 0 Å². The summed E-state index contributed by atoms with van der Waals surface area (Å²) in [5.74, 6) is 2.27. The minimum atomic E-state index is -0.126. The molecule has 3 heteroatoms. The van der Waals surface area contributed by atoms with Crippen LogP contribution in [-0.4, -0.2) is 13.1 Å². The molecule has 0 spiro atoms. The first-order chi connectivity index (χ1) is 7.33. The third kappa shape index (κ3) is 2.09. The number of rotatable bonds is 1. The zero-order valence-electron chi connectivity index (χ0n) is 9.16. The molecule has 0 aromatic heterocycles. The first-order valence-electron chi connectivity index (χ1n) is 5.79. The Morgan fingerprint density at radius 3 is 2.12 bits per heavy atom. The van der Waals surface area contributed by atoms with E-state index in [1.165, 1.54) is 31.5 Å². The van der Waals surface area contributed by atoms with E-state index in [2.05, 4.69) is 5.32 Å². The van der Waals surface area contributed by atoms with Crippen molar-refractivity contribution < 1.29 is 4.39 Å². The average molecular weight is 242 g/mol. The van der Waals surface area contributed by atoms with E-state index in [0.29, 0.717) is 5.92 Å². The van der Waals surface area contributed by atoms with Crippen LogP contribution in [0.3, 0.4) is 0 Å². The topological polar surface area (TPSA) is 12.0 Å². The number of fused-ring (bicyclic) bond motifs is 1. The molecule has 3 rings (SSSR count). The van der Waals surface area contributed by atoms with Crippen LogP contribution in [0, 0.1) is 17.7 Å². The predicted molar refractivity (Wildman–Crippen MR) is 65.5 cm³/mol. The fourth-order valence-electron chi connectivity index (χ4n) is 3.17. The summed E-state index contributed by atoms with van der Waals surface area (Å²) >= 11 is 0. The third-order valence-corrected chi connectivity index (χ3v) is 4.00. The van der Waals surface area contributed by atoms with Crippen LogP contribution in [-0.2, 0) is 0 Å². The molecular formula is C13H17ClFN. The average Bonchev–Trinajstić information content (AvgIpc) is 2.78. The number of halogens is 2. The van der Waals surface area contributed by atoms with Gasteiger partial charge in [0, 0.05) is 0 Å². The minimum absolute atomic E-state index is 0. The van der Waals surface area contributed by atoms with Gasteiger partial charge in [0.25, 0.3) is 0 Å². The van der Waals surface area contributed by atoms with Crippen molar-refractivity contribution in [3.63, 3.8) is 0 Å². The first kappa shape index (κ1) is 11.9. The molecule has 2 aliphatic rings. The lowest BCUT2D eigenvalue weighted by molar-refractivity contribution is 0.494. The van der Waals surface area contributed by atoms with Crippen LogP contribution < -0.4 is 5.32 Å². The fourth-order valence-corrected chi connectivity index (χ4v) is 3.17. The number of benzene rings is 1. The van der Waals surface area contributed by atoms with Crippen LogP contribution >= 0.6 is 12.4 Å². The van der Waals surface area contributed by atoms with E-state index >= 15 is 0 Å². The number of nitrogens with one attached hydrogen (secondary N) is 1. The number of hydrogen-bond acceptors (Lipinski definition) is 1. The zero-order valence-corrected chi connectivity index (χ0v) is 9.97. The van der Waals surface area contributed by atoms with Crippen LogP contribution in [0.15, 0.2) is 24.3 Å². The lowest BCUT2D eigenvalue weighted by Gasteiger charge is -2.11. The summed E-state index contributed by atoms with van der Waals surface area (Å²) in [6, 6.07) is 7.08. The van der Waals surface area contributed by atoms with Gasteiger partial charge in [-0.2, -0.15) is 0 Å². The predicted octanol–water partition coefficient (Wildman–Crippen LogP) is 2.96. The van der Waals surface area contributed by atoms with Gasteiger partial charge in [-0.3, -0.25) is 0 Å². The molecule has 3 atom stereocenters. The van der Waals surface area contributed by atoms with Crippen molar-refractivity contribution in [2.45, 2.75) is 18.8 Å². The van der Waals surface area contributed by atoms with E-state index in [9.17, 15) is 4.39 Å². The maximum absolute atomic E-state index is 12.8. The molecule has 1 aromatic carbocycles. The van der Waals surface area contributed by atoms with Gasteiger partial charge in [-0.05, 0) is 61.4 Å². The van der Waals surface area contributed by atoms with E-state index in [-0.39, 0.29) is 18.2 Å². The molecule has 0 amide bonds. The summed E-state index contributed by atoms with van der Waals surface area (Å²) in [5.41, 5.74) is 1.32. The Morgan fingerprint density at radius 2 is 1.56 bits per heavy atom. The molecule has 1 saturated carbocycles. The molecule has 1 nitrogen and oxygen atoms in total. The maximum Gasteiger partial charge on any atom is 0.123 e. The normalized spacial score (nSPS) is 32.2. The number of hydrogen-bond donors (Lipinski definition) is 1. The van der Waals surface area contributed by atoms with Crippen molar-refractivity contribution in [2.75, 3.05) is 13.1 Å². The summed E-state index contributed by atoms with van der Waals surface area (Å²) in [6.07, 6.45) is 2.56. The quantitative estimate of drug-likeness (QED) is 0.797. The smallest absolute Gasteiger partial charge is 0.123 e. The fraction of sp³-hybridized carbons (Fsp3) is 0.538. The van der Waals surface area contributed by atoms with Crippen LogP contribution in [0.4, 0.5) is 4.39 Å². The molecule has 88 valence electrons. The summed E-state index contributed by atoms with van der Waals surface area (Å²) in [4.78, 5) is 0. The van der Waals surface area contributed by atoms with Crippen molar-refractivity contribution in [2.24, 2.45) is 11.8 Å². The van der Waals surface area contributed by atoms with Gasteiger partial charge in [0.1, 0.15) is 5.82 Å². The molecule has 0 radical (unpaired) electrons. The van der Waals surface area contributed by atoms with Crippen LogP contribution in [0.1, 0.15) is 24.3 Å². The van der Waals surface area contributed by atoms with Crippen molar-refractivity contribution in [1.29, 1.82) is 0 Å². The van der Waals surface area contributed by atoms with E-state index in [4.69, 9.17) is 0 Å². The Labute approximate surface area is 102 Å². The van der Waals surface area contributed by atoms with Crippen molar-refractivity contribution in [3.05, 3.63) is 35.6 Å². The minimum Gasteiger partial charge on any atom is -0.316 e. The van der Waals surface area contributed by atoms with Crippen molar-refractivity contribution in [1.82, 2.24) is 5.32 Å². The lowest BCUT2D eigenvalue weighted by Crippen LogP contribution is -2.11. The Morgan fingerprint density at radius 1 is 1.00 bits per heavy atom. The third-order valence-electron chi connectivity index (χ3n) is 4.00. The van der Waals surface area contributed by atoms with Crippen molar-refractivity contribution >= 4 is 12.4 Å². The van der Waals surface area contributed by atoms with Gasteiger partial charge in [-0.1, -0.05) is 12.1 Å². The van der Waals surface area contributed by atoms with E-state index < -0.39 is 0 Å². The zero-order chi connectivity index (χ0) is 10.3. The van der Waals surface area contributed by atoms with Gasteiger partial charge >= 0.3 is 0 Å². The first-order valence-corrected chi connectivity index (χ1v) is 5.79. The molecule has 1 aliphatic heterocycles. The van der Waals surface area contributed by atoms with Crippen LogP contribution in [0.5, 0.6) is 0 Å². The molecule has 1 heterocycles. The molecule has 1 aliphatic carbocycles. The molecular weight excluding hydrogens is 225 g/mol. The van der Waals surface area contributed by atoms with Crippen molar-refractivity contribution in [3.8, 4) is 0 Å². The Kier molecular flexibility index (Phi) is 3.50. The van der Waals surface area contributed by atoms with Gasteiger partial charge < -0.3 is 5.32 Å². The Balaban J connectivity index is 0.000000963. The highest BCUT2D eigenvalue weighted by molar-refractivity contribution is 5.85. The van der Waals surface area contributed by atoms with Gasteiger partial charge in [0.05, 0.1) is 0 Å². The Hall–Kier alpha value is -0.600. The largest absolute Gasteiger partial charge is 0.316 e. The highest BCUT2D eigenvalue weighted by atomic mass is 35.5. The Bertz CT molecular complexity index is 339. The highest BCUT2D eigenvalue weighted by Gasteiger charge is 2.37. The highest BCUT2D eigenvalue weighted by Crippen LogP contribution is 2.43. The molecule has 1 N–H and O–H groups in total. The standard InChI is InChI=1S/C13H16FN.ClH/c14-13-3-1-9(2-4-13)10-5-11-7-15-8-12(11)6-10;/h1-4,10-12,15H,5-8H2;1H/t10-,11-,12+;. The SMILES string of the molecule is Cl.Fc1ccc([C@H]2C[C@H]3CNC[C@H]3C2)cc1. The lowest BCUT2D eigenvalue weighted by atomic mass is 9.96. The maximum atomic E-state index is 12.8. The van der Waals surface area contributed by atoms with E-state index in [1.807, 2.05) is 12.1 Å². The van der Waals surface area contributed by atoms with E-state index in [1.54, 1.807) is 12.1 Å². The molecule has 1 aromatic rings. The summed E-state index contributed by atoms with van der Waals surface area (Å²) in [5, 5.41) is 3.45. The summed E-state index contributed by atoms with van der Waals surface area (Å²) in [7, 11) is 0. The summed E-state index contributed by atoms with van der Waals surface area (Å²) in [6.45, 7) is 2.37. The van der Waals surface area contributed by atoms with Gasteiger partial charge in [-0.15, -0.1) is 12.4 Å². The second-order valence-electron chi connectivity index (χ2n) is 4.90. The molecule has 0 unspecified atom stereocenters. The monoisotopic (exact) mass is 241 g/mol. The molecule has 1 saturated heterocycles. The molecule has 0 bridgehead atoms. The summed E-state index contributed by atoms with van der Waals surface area (Å²) < 4.78 is 12.8. The molecule has 2 fully saturated rings. The van der Waals surface area contributed by atoms with Crippen LogP contribution in [0.2, 0.25) is 0 Å². The van der Waals surface area contributed by atoms with Gasteiger partial charge in [0.15, 0.2) is 0 Å². The second kappa shape index (κ2) is 4.72. The molecule has 16 heavy (non-hydrogen) atoms. The second-order valence-corrected chi connectivity index (χ2v) is 4.90. The van der Waals surface area contributed by atoms with E-state index in [0.717, 1.165) is 11.8 Å².